The number of ether oxygens (including phenoxy) is 2. The fraction of sp³-hybridized carbons (Fsp3) is 0.333. The first kappa shape index (κ1) is 20.3. The minimum Gasteiger partial charge on any atom is -0.493 e. The van der Waals surface area contributed by atoms with Gasteiger partial charge in [0.1, 0.15) is 6.54 Å². The summed E-state index contributed by atoms with van der Waals surface area (Å²) in [6.07, 6.45) is 0.649. The Morgan fingerprint density at radius 1 is 1.04 bits per heavy atom. The molecule has 0 aliphatic carbocycles. The standard InChI is InChI=1S/C21H26N2O4/c1-15-6-5-7-18(12-15)23(16(2)24)14-21(25)22-11-10-17-8-9-19(26-3)20(13-17)27-4/h5-9,12-13H,10-11,14H2,1-4H3,(H,22,25). The van der Waals surface area contributed by atoms with Crippen LogP contribution in [0.3, 0.4) is 0 Å². The van der Waals surface area contributed by atoms with E-state index in [-0.39, 0.29) is 18.4 Å². The molecule has 2 aromatic carbocycles. The van der Waals surface area contributed by atoms with E-state index in [0.717, 1.165) is 16.8 Å². The number of anilines is 1. The van der Waals surface area contributed by atoms with E-state index in [2.05, 4.69) is 5.32 Å². The summed E-state index contributed by atoms with van der Waals surface area (Å²) in [5.74, 6) is 0.951. The normalized spacial score (nSPS) is 10.2. The summed E-state index contributed by atoms with van der Waals surface area (Å²) in [7, 11) is 3.18. The lowest BCUT2D eigenvalue weighted by atomic mass is 10.1. The van der Waals surface area contributed by atoms with Gasteiger partial charge in [-0.25, -0.2) is 0 Å². The highest BCUT2D eigenvalue weighted by molar-refractivity contribution is 5.97. The Labute approximate surface area is 160 Å². The van der Waals surface area contributed by atoms with Gasteiger partial charge in [-0.15, -0.1) is 0 Å². The quantitative estimate of drug-likeness (QED) is 0.776. The predicted octanol–water partition coefficient (Wildman–Crippen LogP) is 2.72. The lowest BCUT2D eigenvalue weighted by Gasteiger charge is -2.21. The van der Waals surface area contributed by atoms with Crippen LogP contribution in [0.25, 0.3) is 0 Å². The van der Waals surface area contributed by atoms with E-state index < -0.39 is 0 Å². The second-order valence-corrected chi connectivity index (χ2v) is 6.23. The Kier molecular flexibility index (Phi) is 7.23. The van der Waals surface area contributed by atoms with E-state index >= 15 is 0 Å². The molecule has 0 unspecified atom stereocenters. The summed E-state index contributed by atoms with van der Waals surface area (Å²) in [4.78, 5) is 25.7. The Hall–Kier alpha value is -3.02. The number of carbonyl (C=O) groups is 2. The lowest BCUT2D eigenvalue weighted by Crippen LogP contribution is -2.40. The molecule has 2 rings (SSSR count). The minimum absolute atomic E-state index is 0.00921. The molecule has 2 aromatic rings. The minimum atomic E-state index is -0.202. The van der Waals surface area contributed by atoms with Gasteiger partial charge in [-0.2, -0.15) is 0 Å². The van der Waals surface area contributed by atoms with Crippen LogP contribution in [-0.2, 0) is 16.0 Å². The van der Waals surface area contributed by atoms with Crippen molar-refractivity contribution in [3.63, 3.8) is 0 Å². The van der Waals surface area contributed by atoms with Crippen LogP contribution in [0.15, 0.2) is 42.5 Å². The van der Waals surface area contributed by atoms with Gasteiger partial charge in [0, 0.05) is 19.2 Å². The van der Waals surface area contributed by atoms with Gasteiger partial charge < -0.3 is 19.7 Å². The Morgan fingerprint density at radius 2 is 1.78 bits per heavy atom. The number of methoxy groups -OCH3 is 2. The van der Waals surface area contributed by atoms with E-state index in [1.165, 1.54) is 11.8 Å². The van der Waals surface area contributed by atoms with Crippen LogP contribution in [0.2, 0.25) is 0 Å². The summed E-state index contributed by atoms with van der Waals surface area (Å²) in [5, 5.41) is 2.86. The summed E-state index contributed by atoms with van der Waals surface area (Å²) < 4.78 is 10.5. The second kappa shape index (κ2) is 9.62. The summed E-state index contributed by atoms with van der Waals surface area (Å²) in [6.45, 7) is 3.86. The van der Waals surface area contributed by atoms with E-state index in [0.29, 0.717) is 24.5 Å². The van der Waals surface area contributed by atoms with Gasteiger partial charge in [-0.1, -0.05) is 18.2 Å². The van der Waals surface area contributed by atoms with Crippen LogP contribution in [0, 0.1) is 6.92 Å². The van der Waals surface area contributed by atoms with E-state index in [9.17, 15) is 9.59 Å². The zero-order valence-electron chi connectivity index (χ0n) is 16.2. The summed E-state index contributed by atoms with van der Waals surface area (Å²) >= 11 is 0. The molecule has 0 fully saturated rings. The first-order valence-electron chi connectivity index (χ1n) is 8.77. The number of aryl methyl sites for hydroxylation is 1. The van der Waals surface area contributed by atoms with Crippen molar-refractivity contribution in [1.82, 2.24) is 5.32 Å². The molecule has 0 spiro atoms. The molecule has 0 heterocycles. The van der Waals surface area contributed by atoms with Gasteiger partial charge in [-0.3, -0.25) is 9.59 Å². The average Bonchev–Trinajstić information content (AvgIpc) is 2.65. The van der Waals surface area contributed by atoms with Crippen molar-refractivity contribution in [1.29, 1.82) is 0 Å². The average molecular weight is 370 g/mol. The van der Waals surface area contributed by atoms with Crippen LogP contribution in [-0.4, -0.2) is 39.1 Å². The molecule has 0 radical (unpaired) electrons. The van der Waals surface area contributed by atoms with Gasteiger partial charge >= 0.3 is 0 Å². The van der Waals surface area contributed by atoms with Gasteiger partial charge in [0.15, 0.2) is 11.5 Å². The third-order valence-corrected chi connectivity index (χ3v) is 4.18. The maximum Gasteiger partial charge on any atom is 0.240 e. The number of nitrogens with one attached hydrogen (secondary N) is 1. The van der Waals surface area contributed by atoms with E-state index in [1.54, 1.807) is 14.2 Å². The molecule has 2 amide bonds. The van der Waals surface area contributed by atoms with Crippen molar-refractivity contribution in [3.05, 3.63) is 53.6 Å². The SMILES string of the molecule is COc1ccc(CCNC(=O)CN(C(C)=O)c2cccc(C)c2)cc1OC. The van der Waals surface area contributed by atoms with Gasteiger partial charge in [0.05, 0.1) is 14.2 Å². The Balaban J connectivity index is 1.92. The number of amides is 2. The molecule has 0 aliphatic heterocycles. The number of nitrogens with zero attached hydrogens (tertiary/aromatic N) is 1. The topological polar surface area (TPSA) is 67.9 Å². The maximum atomic E-state index is 12.3. The molecule has 0 aliphatic rings. The largest absolute Gasteiger partial charge is 0.493 e. The Morgan fingerprint density at radius 3 is 2.41 bits per heavy atom. The maximum absolute atomic E-state index is 12.3. The number of benzene rings is 2. The van der Waals surface area contributed by atoms with Crippen molar-refractivity contribution in [3.8, 4) is 11.5 Å². The second-order valence-electron chi connectivity index (χ2n) is 6.23. The third kappa shape index (κ3) is 5.74. The molecular weight excluding hydrogens is 344 g/mol. The highest BCUT2D eigenvalue weighted by atomic mass is 16.5. The number of hydrogen-bond acceptors (Lipinski definition) is 4. The molecular formula is C21H26N2O4. The molecule has 6 heteroatoms. The predicted molar refractivity (Wildman–Crippen MR) is 105 cm³/mol. The zero-order chi connectivity index (χ0) is 19.8. The van der Waals surface area contributed by atoms with E-state index in [1.807, 2.05) is 49.4 Å². The first-order chi connectivity index (χ1) is 12.9. The molecule has 0 saturated carbocycles. The molecule has 27 heavy (non-hydrogen) atoms. The molecule has 0 atom stereocenters. The van der Waals surface area contributed by atoms with Crippen LogP contribution in [0.1, 0.15) is 18.1 Å². The summed E-state index contributed by atoms with van der Waals surface area (Å²) in [6, 6.07) is 13.2. The van der Waals surface area contributed by atoms with E-state index in [4.69, 9.17) is 9.47 Å². The smallest absolute Gasteiger partial charge is 0.240 e. The number of hydrogen-bond donors (Lipinski definition) is 1. The fourth-order valence-electron chi connectivity index (χ4n) is 2.76. The van der Waals surface area contributed by atoms with Crippen molar-refractivity contribution < 1.29 is 19.1 Å². The van der Waals surface area contributed by atoms with Crippen molar-refractivity contribution >= 4 is 17.5 Å². The molecule has 144 valence electrons. The Bertz CT molecular complexity index is 805. The van der Waals surface area contributed by atoms with Crippen LogP contribution in [0.4, 0.5) is 5.69 Å². The lowest BCUT2D eigenvalue weighted by molar-refractivity contribution is -0.123. The van der Waals surface area contributed by atoms with Gasteiger partial charge in [0.25, 0.3) is 0 Å². The molecule has 0 bridgehead atoms. The zero-order valence-corrected chi connectivity index (χ0v) is 16.2. The number of carbonyl (C=O) groups excluding carboxylic acids is 2. The van der Waals surface area contributed by atoms with Crippen molar-refractivity contribution in [2.75, 3.05) is 32.2 Å². The van der Waals surface area contributed by atoms with Crippen molar-refractivity contribution in [2.24, 2.45) is 0 Å². The highest BCUT2D eigenvalue weighted by Gasteiger charge is 2.15. The van der Waals surface area contributed by atoms with Crippen molar-refractivity contribution in [2.45, 2.75) is 20.3 Å². The first-order valence-corrected chi connectivity index (χ1v) is 8.77. The molecule has 1 N–H and O–H groups in total. The van der Waals surface area contributed by atoms with Gasteiger partial charge in [0.2, 0.25) is 11.8 Å². The fourth-order valence-corrected chi connectivity index (χ4v) is 2.76. The molecule has 0 saturated heterocycles. The number of rotatable bonds is 8. The monoisotopic (exact) mass is 370 g/mol. The van der Waals surface area contributed by atoms with Gasteiger partial charge in [-0.05, 0) is 48.7 Å². The highest BCUT2D eigenvalue weighted by Crippen LogP contribution is 2.27. The van der Waals surface area contributed by atoms with Crippen LogP contribution in [0.5, 0.6) is 11.5 Å². The summed E-state index contributed by atoms with van der Waals surface area (Å²) in [5.41, 5.74) is 2.78. The molecule has 6 nitrogen and oxygen atoms in total. The molecule has 0 aromatic heterocycles. The van der Waals surface area contributed by atoms with Crippen LogP contribution >= 0.6 is 0 Å². The third-order valence-electron chi connectivity index (χ3n) is 4.18. The van der Waals surface area contributed by atoms with Crippen LogP contribution < -0.4 is 19.7 Å².